The summed E-state index contributed by atoms with van der Waals surface area (Å²) < 4.78 is 7.81. The Morgan fingerprint density at radius 2 is 2.05 bits per heavy atom. The zero-order valence-electron chi connectivity index (χ0n) is 14.1. The normalized spacial score (nSPS) is 23.9. The summed E-state index contributed by atoms with van der Waals surface area (Å²) in [6.07, 6.45) is 5.51. The average molecular weight is 306 g/mol. The summed E-state index contributed by atoms with van der Waals surface area (Å²) in [5.41, 5.74) is 1.38. The van der Waals surface area contributed by atoms with E-state index in [1.807, 2.05) is 6.20 Å². The molecule has 5 nitrogen and oxygen atoms in total. The molecular weight excluding hydrogens is 276 g/mol. The fourth-order valence-corrected chi connectivity index (χ4v) is 3.83. The Labute approximate surface area is 134 Å². The molecule has 0 unspecified atom stereocenters. The van der Waals surface area contributed by atoms with E-state index >= 15 is 0 Å². The number of ether oxygens (including phenoxy) is 1. The molecule has 0 amide bonds. The molecule has 5 heteroatoms. The second kappa shape index (κ2) is 7.57. The molecule has 3 rings (SSSR count). The third kappa shape index (κ3) is 3.53. The summed E-state index contributed by atoms with van der Waals surface area (Å²) in [6, 6.07) is 3.39. The van der Waals surface area contributed by atoms with Crippen LogP contribution in [0.15, 0.2) is 12.3 Å². The van der Waals surface area contributed by atoms with E-state index in [0.717, 1.165) is 39.4 Å². The molecule has 1 atom stereocenters. The van der Waals surface area contributed by atoms with Crippen LogP contribution in [-0.4, -0.2) is 65.0 Å². The van der Waals surface area contributed by atoms with Gasteiger partial charge >= 0.3 is 0 Å². The number of fused-ring (bicyclic) bond motifs is 1. The second-order valence-electron chi connectivity index (χ2n) is 6.51. The van der Waals surface area contributed by atoms with Gasteiger partial charge in [0.2, 0.25) is 0 Å². The molecule has 1 saturated heterocycles. The largest absolute Gasteiger partial charge is 0.381 e. The summed E-state index contributed by atoms with van der Waals surface area (Å²) in [5.74, 6) is 0. The predicted molar refractivity (Wildman–Crippen MR) is 87.9 cm³/mol. The van der Waals surface area contributed by atoms with Crippen LogP contribution in [0.5, 0.6) is 0 Å². The Hall–Kier alpha value is -0.910. The van der Waals surface area contributed by atoms with Crippen LogP contribution in [-0.2, 0) is 11.3 Å². The molecule has 0 N–H and O–H groups in total. The van der Waals surface area contributed by atoms with E-state index < -0.39 is 0 Å². The van der Waals surface area contributed by atoms with E-state index in [-0.39, 0.29) is 0 Å². The monoisotopic (exact) mass is 306 g/mol. The summed E-state index contributed by atoms with van der Waals surface area (Å²) in [4.78, 5) is 5.18. The molecule has 2 aliphatic rings. The lowest BCUT2D eigenvalue weighted by Gasteiger charge is -2.40. The molecule has 1 fully saturated rings. The lowest BCUT2D eigenvalue weighted by Crippen LogP contribution is -2.46. The lowest BCUT2D eigenvalue weighted by molar-refractivity contribution is 0.0150. The van der Waals surface area contributed by atoms with E-state index in [1.54, 1.807) is 0 Å². The highest BCUT2D eigenvalue weighted by Gasteiger charge is 2.30. The Morgan fingerprint density at radius 1 is 1.27 bits per heavy atom. The standard InChI is InChI=1S/C17H30N4O/c1-3-19(4-2)10-6-17-14-20(15-7-11-22-12-8-15)13-16-5-9-18-21(16)17/h5,9,15,17H,3-4,6-8,10-14H2,1-2H3/t17-/m1/s1. The van der Waals surface area contributed by atoms with Gasteiger partial charge in [-0.1, -0.05) is 13.8 Å². The molecule has 0 saturated carbocycles. The molecule has 1 aromatic heterocycles. The molecular formula is C17H30N4O. The lowest BCUT2D eigenvalue weighted by atomic mass is 10.0. The minimum Gasteiger partial charge on any atom is -0.381 e. The van der Waals surface area contributed by atoms with Gasteiger partial charge in [0.25, 0.3) is 0 Å². The van der Waals surface area contributed by atoms with Gasteiger partial charge in [0, 0.05) is 45.1 Å². The van der Waals surface area contributed by atoms with Crippen molar-refractivity contribution in [1.29, 1.82) is 0 Å². The van der Waals surface area contributed by atoms with E-state index in [0.29, 0.717) is 12.1 Å². The van der Waals surface area contributed by atoms with Crippen molar-refractivity contribution in [2.75, 3.05) is 39.4 Å². The van der Waals surface area contributed by atoms with Crippen LogP contribution in [0.1, 0.15) is 44.8 Å². The SMILES string of the molecule is CCN(CC)CC[C@@H]1CN(C2CCOCC2)Cc2ccnn21. The van der Waals surface area contributed by atoms with Crippen molar-refractivity contribution in [3.8, 4) is 0 Å². The highest BCUT2D eigenvalue weighted by Crippen LogP contribution is 2.27. The molecule has 1 aromatic rings. The van der Waals surface area contributed by atoms with Crippen LogP contribution < -0.4 is 0 Å². The number of aromatic nitrogens is 2. The smallest absolute Gasteiger partial charge is 0.0662 e. The van der Waals surface area contributed by atoms with Gasteiger partial charge in [-0.3, -0.25) is 9.58 Å². The van der Waals surface area contributed by atoms with Crippen LogP contribution in [0.2, 0.25) is 0 Å². The highest BCUT2D eigenvalue weighted by molar-refractivity contribution is 5.06. The van der Waals surface area contributed by atoms with Crippen LogP contribution >= 0.6 is 0 Å². The van der Waals surface area contributed by atoms with Gasteiger partial charge in [0.05, 0.1) is 11.7 Å². The number of rotatable bonds is 6. The van der Waals surface area contributed by atoms with Crippen LogP contribution in [0.4, 0.5) is 0 Å². The third-order valence-electron chi connectivity index (χ3n) is 5.29. The minimum atomic E-state index is 0.516. The van der Waals surface area contributed by atoms with E-state index in [9.17, 15) is 0 Å². The minimum absolute atomic E-state index is 0.516. The Bertz CT molecular complexity index is 451. The summed E-state index contributed by atoms with van der Waals surface area (Å²) in [7, 11) is 0. The maximum atomic E-state index is 5.53. The number of hydrogen-bond donors (Lipinski definition) is 0. The topological polar surface area (TPSA) is 33.5 Å². The van der Waals surface area contributed by atoms with Gasteiger partial charge in [0.1, 0.15) is 0 Å². The first-order valence-electron chi connectivity index (χ1n) is 8.88. The number of nitrogens with zero attached hydrogens (tertiary/aromatic N) is 4. The van der Waals surface area contributed by atoms with Crippen molar-refractivity contribution in [3.05, 3.63) is 18.0 Å². The van der Waals surface area contributed by atoms with Crippen molar-refractivity contribution in [3.63, 3.8) is 0 Å². The van der Waals surface area contributed by atoms with E-state index in [4.69, 9.17) is 4.74 Å². The summed E-state index contributed by atoms with van der Waals surface area (Å²) in [5, 5.41) is 4.59. The van der Waals surface area contributed by atoms with Crippen molar-refractivity contribution >= 4 is 0 Å². The summed E-state index contributed by atoms with van der Waals surface area (Å²) in [6.45, 7) is 12.0. The Morgan fingerprint density at radius 3 is 2.77 bits per heavy atom. The molecule has 0 radical (unpaired) electrons. The van der Waals surface area contributed by atoms with Crippen molar-refractivity contribution in [2.24, 2.45) is 0 Å². The van der Waals surface area contributed by atoms with Gasteiger partial charge in [-0.25, -0.2) is 0 Å². The fraction of sp³-hybridized carbons (Fsp3) is 0.824. The first-order valence-corrected chi connectivity index (χ1v) is 8.88. The molecule has 0 aromatic carbocycles. The first kappa shape index (κ1) is 16.0. The van der Waals surface area contributed by atoms with Crippen molar-refractivity contribution < 1.29 is 4.74 Å². The van der Waals surface area contributed by atoms with Crippen LogP contribution in [0.25, 0.3) is 0 Å². The van der Waals surface area contributed by atoms with Gasteiger partial charge < -0.3 is 9.64 Å². The average Bonchev–Trinajstić information content (AvgIpc) is 3.05. The van der Waals surface area contributed by atoms with E-state index in [1.165, 1.54) is 31.5 Å². The van der Waals surface area contributed by atoms with Gasteiger partial charge in [-0.05, 0) is 38.4 Å². The maximum Gasteiger partial charge on any atom is 0.0662 e. The molecule has 3 heterocycles. The van der Waals surface area contributed by atoms with Gasteiger partial charge in [-0.15, -0.1) is 0 Å². The zero-order chi connectivity index (χ0) is 15.4. The quantitative estimate of drug-likeness (QED) is 0.806. The second-order valence-corrected chi connectivity index (χ2v) is 6.51. The van der Waals surface area contributed by atoms with Gasteiger partial charge in [-0.2, -0.15) is 5.10 Å². The molecule has 0 spiro atoms. The van der Waals surface area contributed by atoms with E-state index in [2.05, 4.69) is 39.5 Å². The fourth-order valence-electron chi connectivity index (χ4n) is 3.83. The zero-order valence-corrected chi connectivity index (χ0v) is 14.1. The Balaban J connectivity index is 1.66. The highest BCUT2D eigenvalue weighted by atomic mass is 16.5. The number of hydrogen-bond acceptors (Lipinski definition) is 4. The molecule has 0 bridgehead atoms. The molecule has 22 heavy (non-hydrogen) atoms. The summed E-state index contributed by atoms with van der Waals surface area (Å²) >= 11 is 0. The predicted octanol–water partition coefficient (Wildman–Crippen LogP) is 2.15. The maximum absolute atomic E-state index is 5.53. The van der Waals surface area contributed by atoms with Crippen molar-refractivity contribution in [1.82, 2.24) is 19.6 Å². The first-order chi connectivity index (χ1) is 10.8. The molecule has 0 aliphatic carbocycles. The van der Waals surface area contributed by atoms with Crippen molar-refractivity contribution in [2.45, 2.75) is 51.7 Å². The van der Waals surface area contributed by atoms with Crippen LogP contribution in [0.3, 0.4) is 0 Å². The molecule has 2 aliphatic heterocycles. The Kier molecular flexibility index (Phi) is 5.50. The third-order valence-corrected chi connectivity index (χ3v) is 5.29. The van der Waals surface area contributed by atoms with Crippen LogP contribution in [0, 0.1) is 0 Å². The van der Waals surface area contributed by atoms with Gasteiger partial charge in [0.15, 0.2) is 0 Å². The molecule has 124 valence electrons.